The third-order valence-corrected chi connectivity index (χ3v) is 4.79. The van der Waals surface area contributed by atoms with E-state index in [4.69, 9.17) is 9.26 Å². The summed E-state index contributed by atoms with van der Waals surface area (Å²) in [5.41, 5.74) is 0.700. The Kier molecular flexibility index (Phi) is 4.10. The van der Waals surface area contributed by atoms with Gasteiger partial charge in [0.2, 0.25) is 5.89 Å². The molecule has 1 aliphatic heterocycles. The summed E-state index contributed by atoms with van der Waals surface area (Å²) < 4.78 is 12.9. The van der Waals surface area contributed by atoms with Gasteiger partial charge in [0.05, 0.1) is 0 Å². The largest absolute Gasteiger partial charge is 0.381 e. The van der Waals surface area contributed by atoms with E-state index in [0.717, 1.165) is 25.7 Å². The van der Waals surface area contributed by atoms with Crippen molar-refractivity contribution in [2.75, 3.05) is 13.2 Å². The average Bonchev–Trinajstić information content (AvgIpc) is 3.16. The smallest absolute Gasteiger partial charge is 0.268 e. The molecule has 0 unspecified atom stereocenters. The van der Waals surface area contributed by atoms with Gasteiger partial charge in [-0.25, -0.2) is 0 Å². The van der Waals surface area contributed by atoms with E-state index in [-0.39, 0.29) is 17.9 Å². The highest BCUT2D eigenvalue weighted by atomic mass is 16.5. The van der Waals surface area contributed by atoms with Crippen LogP contribution in [0.2, 0.25) is 0 Å². The lowest BCUT2D eigenvalue weighted by atomic mass is 9.91. The molecule has 0 bridgehead atoms. The average molecular weight is 330 g/mol. The summed E-state index contributed by atoms with van der Waals surface area (Å²) in [5.74, 6) is 1.22. The van der Waals surface area contributed by atoms with Gasteiger partial charge in [-0.1, -0.05) is 5.16 Å². The number of ether oxygens (including phenoxy) is 1. The van der Waals surface area contributed by atoms with Crippen LogP contribution >= 0.6 is 0 Å². The van der Waals surface area contributed by atoms with Crippen LogP contribution in [0.3, 0.4) is 0 Å². The first-order valence-corrected chi connectivity index (χ1v) is 8.58. The van der Waals surface area contributed by atoms with Gasteiger partial charge < -0.3 is 19.1 Å². The Morgan fingerprint density at radius 1 is 1.33 bits per heavy atom. The molecule has 0 aromatic carbocycles. The topological polar surface area (TPSA) is 82.2 Å². The van der Waals surface area contributed by atoms with Crippen molar-refractivity contribution in [1.82, 2.24) is 20.0 Å². The SMILES string of the molecule is Cc1noc([C@@H](NC(=O)c2cccn2C2CC2)C2CCOCC2)n1. The molecule has 1 saturated heterocycles. The fraction of sp³-hybridized carbons (Fsp3) is 0.588. The molecule has 2 aromatic rings. The zero-order chi connectivity index (χ0) is 16.5. The van der Waals surface area contributed by atoms with E-state index in [1.54, 1.807) is 6.92 Å². The molecule has 7 nitrogen and oxygen atoms in total. The molecule has 2 aliphatic rings. The summed E-state index contributed by atoms with van der Waals surface area (Å²) in [6.07, 6.45) is 6.00. The molecule has 1 amide bonds. The Bertz CT molecular complexity index is 713. The first-order chi connectivity index (χ1) is 11.7. The monoisotopic (exact) mass is 330 g/mol. The zero-order valence-corrected chi connectivity index (χ0v) is 13.8. The normalized spacial score (nSPS) is 20.0. The summed E-state index contributed by atoms with van der Waals surface area (Å²) in [4.78, 5) is 17.2. The Morgan fingerprint density at radius 2 is 2.12 bits per heavy atom. The Hall–Kier alpha value is -2.15. The number of hydrogen-bond acceptors (Lipinski definition) is 5. The van der Waals surface area contributed by atoms with Crippen LogP contribution in [-0.4, -0.2) is 33.8 Å². The van der Waals surface area contributed by atoms with Crippen molar-refractivity contribution in [3.8, 4) is 0 Å². The lowest BCUT2D eigenvalue weighted by Gasteiger charge is -2.28. The van der Waals surface area contributed by atoms with Crippen molar-refractivity contribution in [2.24, 2.45) is 5.92 Å². The van der Waals surface area contributed by atoms with E-state index in [2.05, 4.69) is 20.0 Å². The maximum Gasteiger partial charge on any atom is 0.268 e. The molecule has 0 spiro atoms. The van der Waals surface area contributed by atoms with E-state index in [1.807, 2.05) is 18.3 Å². The third-order valence-electron chi connectivity index (χ3n) is 4.79. The highest BCUT2D eigenvalue weighted by molar-refractivity contribution is 5.93. The van der Waals surface area contributed by atoms with Gasteiger partial charge in [-0.15, -0.1) is 0 Å². The van der Waals surface area contributed by atoms with Crippen molar-refractivity contribution in [3.05, 3.63) is 35.7 Å². The van der Waals surface area contributed by atoms with Crippen LogP contribution in [0.4, 0.5) is 0 Å². The van der Waals surface area contributed by atoms with E-state index >= 15 is 0 Å². The van der Waals surface area contributed by atoms with Crippen molar-refractivity contribution < 1.29 is 14.1 Å². The molecular formula is C17H22N4O3. The maximum absolute atomic E-state index is 12.8. The molecule has 2 aromatic heterocycles. The van der Waals surface area contributed by atoms with E-state index in [0.29, 0.717) is 36.7 Å². The number of carbonyl (C=O) groups is 1. The first kappa shape index (κ1) is 15.4. The van der Waals surface area contributed by atoms with Crippen molar-refractivity contribution >= 4 is 5.91 Å². The lowest BCUT2D eigenvalue weighted by molar-refractivity contribution is 0.0466. The zero-order valence-electron chi connectivity index (χ0n) is 13.8. The molecule has 2 fully saturated rings. The molecular weight excluding hydrogens is 308 g/mol. The van der Waals surface area contributed by atoms with Crippen LogP contribution in [0.15, 0.2) is 22.9 Å². The van der Waals surface area contributed by atoms with Gasteiger partial charge >= 0.3 is 0 Å². The maximum atomic E-state index is 12.8. The molecule has 7 heteroatoms. The Morgan fingerprint density at radius 3 is 2.79 bits per heavy atom. The standard InChI is InChI=1S/C17H22N4O3/c1-11-18-17(24-20-11)15(12-6-9-23-10-7-12)19-16(22)14-3-2-8-21(14)13-4-5-13/h2-3,8,12-13,15H,4-7,9-10H2,1H3,(H,19,22)/t15-/m0/s1. The van der Waals surface area contributed by atoms with Crippen LogP contribution in [0.1, 0.15) is 60.0 Å². The molecule has 24 heavy (non-hydrogen) atoms. The summed E-state index contributed by atoms with van der Waals surface area (Å²) in [6.45, 7) is 3.18. The fourth-order valence-electron chi connectivity index (χ4n) is 3.34. The third kappa shape index (κ3) is 3.08. The van der Waals surface area contributed by atoms with E-state index in [9.17, 15) is 4.79 Å². The molecule has 4 rings (SSSR count). The number of aryl methyl sites for hydroxylation is 1. The number of nitrogens with one attached hydrogen (secondary N) is 1. The summed E-state index contributed by atoms with van der Waals surface area (Å²) >= 11 is 0. The second-order valence-corrected chi connectivity index (χ2v) is 6.61. The predicted octanol–water partition coefficient (Wildman–Crippen LogP) is 2.41. The van der Waals surface area contributed by atoms with Gasteiger partial charge in [-0.2, -0.15) is 4.98 Å². The van der Waals surface area contributed by atoms with E-state index in [1.165, 1.54) is 0 Å². The summed E-state index contributed by atoms with van der Waals surface area (Å²) in [6, 6.07) is 3.99. The number of amides is 1. The van der Waals surface area contributed by atoms with E-state index < -0.39 is 0 Å². The molecule has 1 aliphatic carbocycles. The fourth-order valence-corrected chi connectivity index (χ4v) is 3.34. The highest BCUT2D eigenvalue weighted by Gasteiger charge is 2.33. The summed E-state index contributed by atoms with van der Waals surface area (Å²) in [7, 11) is 0. The number of nitrogens with zero attached hydrogens (tertiary/aromatic N) is 3. The van der Waals surface area contributed by atoms with Gasteiger partial charge in [0.25, 0.3) is 5.91 Å². The summed E-state index contributed by atoms with van der Waals surface area (Å²) in [5, 5.41) is 7.01. The highest BCUT2D eigenvalue weighted by Crippen LogP contribution is 2.36. The second kappa shape index (κ2) is 6.39. The van der Waals surface area contributed by atoms with Crippen LogP contribution in [0, 0.1) is 12.8 Å². The van der Waals surface area contributed by atoms with Crippen molar-refractivity contribution in [1.29, 1.82) is 0 Å². The van der Waals surface area contributed by atoms with Crippen molar-refractivity contribution in [2.45, 2.75) is 44.7 Å². The van der Waals surface area contributed by atoms with Gasteiger partial charge in [0.15, 0.2) is 5.82 Å². The van der Waals surface area contributed by atoms with Crippen molar-refractivity contribution in [3.63, 3.8) is 0 Å². The van der Waals surface area contributed by atoms with Gasteiger partial charge in [0, 0.05) is 25.5 Å². The Balaban J connectivity index is 1.56. The predicted molar refractivity (Wildman–Crippen MR) is 85.5 cm³/mol. The molecule has 0 radical (unpaired) electrons. The van der Waals surface area contributed by atoms with Crippen LogP contribution in [0.5, 0.6) is 0 Å². The minimum Gasteiger partial charge on any atom is -0.381 e. The molecule has 1 N–H and O–H groups in total. The molecule has 128 valence electrons. The number of hydrogen-bond donors (Lipinski definition) is 1. The molecule has 3 heterocycles. The van der Waals surface area contributed by atoms with Crippen LogP contribution in [-0.2, 0) is 4.74 Å². The van der Waals surface area contributed by atoms with Crippen LogP contribution in [0.25, 0.3) is 0 Å². The lowest BCUT2D eigenvalue weighted by Crippen LogP contribution is -2.37. The Labute approximate surface area is 140 Å². The van der Waals surface area contributed by atoms with Gasteiger partial charge in [-0.3, -0.25) is 4.79 Å². The second-order valence-electron chi connectivity index (χ2n) is 6.61. The van der Waals surface area contributed by atoms with Gasteiger partial charge in [0.1, 0.15) is 11.7 Å². The molecule has 1 saturated carbocycles. The van der Waals surface area contributed by atoms with Crippen LogP contribution < -0.4 is 5.32 Å². The number of carbonyl (C=O) groups excluding carboxylic acids is 1. The molecule has 1 atom stereocenters. The van der Waals surface area contributed by atoms with Gasteiger partial charge in [-0.05, 0) is 50.7 Å². The number of rotatable bonds is 5. The quantitative estimate of drug-likeness (QED) is 0.910. The minimum atomic E-state index is -0.273. The number of aromatic nitrogens is 3. The minimum absolute atomic E-state index is 0.0840. The first-order valence-electron chi connectivity index (χ1n) is 8.58.